The van der Waals surface area contributed by atoms with Gasteiger partial charge in [-0.2, -0.15) is 5.10 Å². The zero-order valence-corrected chi connectivity index (χ0v) is 15.4. The molecule has 3 aromatic rings. The van der Waals surface area contributed by atoms with E-state index in [4.69, 9.17) is 0 Å². The molecule has 1 fully saturated rings. The summed E-state index contributed by atoms with van der Waals surface area (Å²) >= 11 is 0. The van der Waals surface area contributed by atoms with Crippen molar-refractivity contribution in [3.05, 3.63) is 78.1 Å². The third-order valence-corrected chi connectivity index (χ3v) is 5.38. The Bertz CT molecular complexity index is 953. The number of aromatic nitrogens is 3. The minimum Gasteiger partial charge on any atom is -0.337 e. The maximum atomic E-state index is 13.6. The highest BCUT2D eigenvalue weighted by Crippen LogP contribution is 2.43. The van der Waals surface area contributed by atoms with Gasteiger partial charge in [-0.15, -0.1) is 0 Å². The largest absolute Gasteiger partial charge is 0.337 e. The maximum Gasteiger partial charge on any atom is 0.315 e. The molecule has 1 aromatic heterocycles. The summed E-state index contributed by atoms with van der Waals surface area (Å²) in [7, 11) is 0. The quantitative estimate of drug-likeness (QED) is 0.690. The van der Waals surface area contributed by atoms with E-state index in [1.54, 1.807) is 23.1 Å². The Morgan fingerprint density at radius 3 is 2.71 bits per heavy atom. The van der Waals surface area contributed by atoms with Crippen molar-refractivity contribution in [3.63, 3.8) is 0 Å². The van der Waals surface area contributed by atoms with Gasteiger partial charge in [0.25, 0.3) is 0 Å². The number of benzene rings is 2. The number of halogens is 1. The molecule has 0 bridgehead atoms. The Morgan fingerprint density at radius 1 is 1.14 bits per heavy atom. The minimum absolute atomic E-state index is 0.160. The zero-order valence-electron chi connectivity index (χ0n) is 15.4. The minimum atomic E-state index is -0.236. The summed E-state index contributed by atoms with van der Waals surface area (Å²) in [6.07, 6.45) is 6.11. The van der Waals surface area contributed by atoms with Gasteiger partial charge >= 0.3 is 6.03 Å². The molecule has 0 atom stereocenters. The van der Waals surface area contributed by atoms with Crippen molar-refractivity contribution in [2.24, 2.45) is 0 Å². The molecule has 0 spiro atoms. The molecule has 1 saturated carbocycles. The van der Waals surface area contributed by atoms with Gasteiger partial charge in [-0.25, -0.2) is 18.9 Å². The Morgan fingerprint density at radius 2 is 2.00 bits per heavy atom. The van der Waals surface area contributed by atoms with Crippen molar-refractivity contribution in [1.82, 2.24) is 25.4 Å². The number of hydrogen-bond acceptors (Lipinski definition) is 3. The third-order valence-electron chi connectivity index (χ3n) is 5.38. The molecule has 4 rings (SSSR count). The summed E-state index contributed by atoms with van der Waals surface area (Å²) in [6, 6.07) is 14.2. The average Bonchev–Trinajstić information content (AvgIpc) is 3.21. The van der Waals surface area contributed by atoms with E-state index >= 15 is 0 Å². The molecule has 2 aromatic carbocycles. The van der Waals surface area contributed by atoms with Gasteiger partial charge in [0, 0.05) is 18.5 Å². The molecule has 144 valence electrons. The third kappa shape index (κ3) is 3.88. The number of carbonyl (C=O) groups is 1. The fraction of sp³-hybridized carbons (Fsp3) is 0.286. The van der Waals surface area contributed by atoms with Gasteiger partial charge in [-0.05, 0) is 48.2 Å². The Kier molecular flexibility index (Phi) is 5.06. The summed E-state index contributed by atoms with van der Waals surface area (Å²) in [5.41, 5.74) is 2.65. The lowest BCUT2D eigenvalue weighted by molar-refractivity contribution is 0.214. The lowest BCUT2D eigenvalue weighted by Crippen LogP contribution is -2.48. The molecule has 2 amide bonds. The summed E-state index contributed by atoms with van der Waals surface area (Å²) < 4.78 is 15.3. The molecule has 1 aliphatic rings. The van der Waals surface area contributed by atoms with Crippen molar-refractivity contribution < 1.29 is 9.18 Å². The second kappa shape index (κ2) is 7.80. The molecule has 28 heavy (non-hydrogen) atoms. The molecular formula is C21H22FN5O. The number of nitrogens with zero attached hydrogens (tertiary/aromatic N) is 3. The van der Waals surface area contributed by atoms with Crippen molar-refractivity contribution in [2.75, 3.05) is 6.54 Å². The summed E-state index contributed by atoms with van der Waals surface area (Å²) in [5, 5.41) is 9.95. The predicted octanol–water partition coefficient (Wildman–Crippen LogP) is 3.33. The second-order valence-electron chi connectivity index (χ2n) is 7.19. The lowest BCUT2D eigenvalue weighted by Gasteiger charge is -2.42. The molecule has 0 saturated heterocycles. The number of hydrogen-bond donors (Lipinski definition) is 2. The van der Waals surface area contributed by atoms with Crippen LogP contribution >= 0.6 is 0 Å². The Hall–Kier alpha value is -3.22. The fourth-order valence-electron chi connectivity index (χ4n) is 3.63. The van der Waals surface area contributed by atoms with Gasteiger partial charge < -0.3 is 10.6 Å². The van der Waals surface area contributed by atoms with Crippen LogP contribution in [0.2, 0.25) is 0 Å². The van der Waals surface area contributed by atoms with E-state index in [0.29, 0.717) is 13.1 Å². The van der Waals surface area contributed by atoms with Crippen LogP contribution in [-0.2, 0) is 12.0 Å². The van der Waals surface area contributed by atoms with Gasteiger partial charge in [0.15, 0.2) is 0 Å². The topological polar surface area (TPSA) is 71.8 Å². The van der Waals surface area contributed by atoms with Crippen molar-refractivity contribution in [1.29, 1.82) is 0 Å². The molecule has 0 aliphatic heterocycles. The summed E-state index contributed by atoms with van der Waals surface area (Å²) in [5.74, 6) is -0.236. The van der Waals surface area contributed by atoms with Gasteiger partial charge in [0.05, 0.1) is 5.69 Å². The van der Waals surface area contributed by atoms with Gasteiger partial charge in [-0.3, -0.25) is 0 Å². The highest BCUT2D eigenvalue weighted by Gasteiger charge is 2.39. The number of urea groups is 1. The van der Waals surface area contributed by atoms with Crippen LogP contribution in [0, 0.1) is 5.82 Å². The monoisotopic (exact) mass is 379 g/mol. The first-order valence-electron chi connectivity index (χ1n) is 9.36. The van der Waals surface area contributed by atoms with E-state index in [1.807, 2.05) is 30.3 Å². The van der Waals surface area contributed by atoms with Crippen LogP contribution in [0.25, 0.3) is 5.69 Å². The van der Waals surface area contributed by atoms with E-state index in [-0.39, 0.29) is 17.3 Å². The van der Waals surface area contributed by atoms with Crippen molar-refractivity contribution in [2.45, 2.75) is 31.2 Å². The first kappa shape index (κ1) is 18.2. The molecule has 1 aliphatic carbocycles. The van der Waals surface area contributed by atoms with E-state index in [0.717, 1.165) is 36.1 Å². The number of carbonyl (C=O) groups excluding carboxylic acids is 1. The fourth-order valence-corrected chi connectivity index (χ4v) is 3.63. The van der Waals surface area contributed by atoms with Gasteiger partial charge in [-0.1, -0.05) is 30.7 Å². The van der Waals surface area contributed by atoms with E-state index in [1.165, 1.54) is 12.4 Å². The average molecular weight is 379 g/mol. The summed E-state index contributed by atoms with van der Waals surface area (Å²) in [4.78, 5) is 16.2. The molecule has 0 radical (unpaired) electrons. The smallest absolute Gasteiger partial charge is 0.315 e. The molecule has 1 heterocycles. The predicted molar refractivity (Wildman–Crippen MR) is 104 cm³/mol. The van der Waals surface area contributed by atoms with Crippen LogP contribution in [-0.4, -0.2) is 27.3 Å². The Labute approximate surface area is 162 Å². The second-order valence-corrected chi connectivity index (χ2v) is 7.19. The number of nitrogens with one attached hydrogen (secondary N) is 2. The van der Waals surface area contributed by atoms with E-state index in [9.17, 15) is 9.18 Å². The molecular weight excluding hydrogens is 357 g/mol. The van der Waals surface area contributed by atoms with Gasteiger partial charge in [0.1, 0.15) is 18.5 Å². The standard InChI is InChI=1S/C21H22FN5O/c22-18-6-2-5-17(11-18)21(8-3-9-21)13-25-20(28)24-12-16-4-1-7-19(10-16)27-15-23-14-26-27/h1-2,4-7,10-11,14-15H,3,8-9,12-13H2,(H2,24,25,28). The normalized spacial score (nSPS) is 14.9. The molecule has 2 N–H and O–H groups in total. The first-order valence-corrected chi connectivity index (χ1v) is 9.36. The van der Waals surface area contributed by atoms with Crippen LogP contribution in [0.3, 0.4) is 0 Å². The van der Waals surface area contributed by atoms with Crippen LogP contribution in [0.5, 0.6) is 0 Å². The molecule has 0 unspecified atom stereocenters. The molecule has 7 heteroatoms. The zero-order chi connectivity index (χ0) is 19.4. The van der Waals surface area contributed by atoms with Crippen molar-refractivity contribution in [3.8, 4) is 5.69 Å². The van der Waals surface area contributed by atoms with E-state index < -0.39 is 0 Å². The van der Waals surface area contributed by atoms with Crippen molar-refractivity contribution >= 4 is 6.03 Å². The van der Waals surface area contributed by atoms with Crippen LogP contribution in [0.15, 0.2) is 61.2 Å². The number of amides is 2. The van der Waals surface area contributed by atoms with Crippen LogP contribution < -0.4 is 10.6 Å². The lowest BCUT2D eigenvalue weighted by atomic mass is 9.64. The maximum absolute atomic E-state index is 13.6. The SMILES string of the molecule is O=C(NCc1cccc(-n2cncn2)c1)NCC1(c2cccc(F)c2)CCC1. The van der Waals surface area contributed by atoms with Gasteiger partial charge in [0.2, 0.25) is 0 Å². The Balaban J connectivity index is 1.33. The van der Waals surface area contributed by atoms with Crippen LogP contribution in [0.4, 0.5) is 9.18 Å². The van der Waals surface area contributed by atoms with E-state index in [2.05, 4.69) is 20.7 Å². The first-order chi connectivity index (χ1) is 13.6. The highest BCUT2D eigenvalue weighted by atomic mass is 19.1. The summed E-state index contributed by atoms with van der Waals surface area (Å²) in [6.45, 7) is 0.905. The van der Waals surface area contributed by atoms with Crippen LogP contribution in [0.1, 0.15) is 30.4 Å². The highest BCUT2D eigenvalue weighted by molar-refractivity contribution is 5.74. The number of rotatable bonds is 6. The molecule has 6 nitrogen and oxygen atoms in total.